The molecule has 0 aromatic rings. The number of Topliss-reactive ketones (excluding diaryl/α,β-unsaturated/α-hetero) is 1. The molecule has 0 radical (unpaired) electrons. The summed E-state index contributed by atoms with van der Waals surface area (Å²) >= 11 is 12.4. The molecule has 0 spiro atoms. The van der Waals surface area contributed by atoms with Crippen molar-refractivity contribution in [1.29, 1.82) is 0 Å². The van der Waals surface area contributed by atoms with Crippen LogP contribution in [0.25, 0.3) is 0 Å². The van der Waals surface area contributed by atoms with Gasteiger partial charge in [-0.05, 0) is 25.2 Å². The summed E-state index contributed by atoms with van der Waals surface area (Å²) in [5.41, 5.74) is 0.00907. The molecule has 0 aliphatic heterocycles. The van der Waals surface area contributed by atoms with Gasteiger partial charge < -0.3 is 0 Å². The Morgan fingerprint density at radius 1 is 1.54 bits per heavy atom. The summed E-state index contributed by atoms with van der Waals surface area (Å²) in [4.78, 5) is 11.0. The van der Waals surface area contributed by atoms with Crippen LogP contribution in [0.15, 0.2) is 0 Å². The monoisotopic (exact) mass is 220 g/mol. The van der Waals surface area contributed by atoms with Crippen molar-refractivity contribution in [3.63, 3.8) is 0 Å². The molecule has 2 saturated carbocycles. The van der Waals surface area contributed by atoms with Gasteiger partial charge >= 0.3 is 0 Å². The lowest BCUT2D eigenvalue weighted by Crippen LogP contribution is -2.32. The minimum absolute atomic E-state index is 0.00907. The Bertz CT molecular complexity index is 272. The number of hydrogen-bond donors (Lipinski definition) is 0. The van der Waals surface area contributed by atoms with Crippen molar-refractivity contribution in [2.75, 3.05) is 0 Å². The van der Waals surface area contributed by atoms with E-state index in [1.165, 1.54) is 0 Å². The topological polar surface area (TPSA) is 17.1 Å². The average molecular weight is 221 g/mol. The molecule has 4 atom stereocenters. The number of fused-ring (bicyclic) bond motifs is 1. The number of carbonyl (C=O) groups is 1. The lowest BCUT2D eigenvalue weighted by Gasteiger charge is -2.20. The van der Waals surface area contributed by atoms with Gasteiger partial charge in [-0.2, -0.15) is 0 Å². The fourth-order valence-corrected chi connectivity index (χ4v) is 4.03. The summed E-state index contributed by atoms with van der Waals surface area (Å²) in [7, 11) is 0. The van der Waals surface area contributed by atoms with E-state index in [1.54, 1.807) is 0 Å². The van der Waals surface area contributed by atoms with Gasteiger partial charge in [-0.15, -0.1) is 23.2 Å². The summed E-state index contributed by atoms with van der Waals surface area (Å²) in [6, 6.07) is 0. The highest BCUT2D eigenvalue weighted by atomic mass is 35.5. The second-order valence-corrected chi connectivity index (χ2v) is 6.05. The van der Waals surface area contributed by atoms with E-state index in [0.29, 0.717) is 11.8 Å². The Balaban J connectivity index is 2.38. The molecule has 2 aliphatic rings. The molecule has 0 aromatic carbocycles. The van der Waals surface area contributed by atoms with E-state index in [0.717, 1.165) is 6.42 Å². The van der Waals surface area contributed by atoms with Crippen LogP contribution >= 0.6 is 23.2 Å². The Morgan fingerprint density at radius 2 is 2.08 bits per heavy atom. The molecule has 2 aliphatic carbocycles. The summed E-state index contributed by atoms with van der Waals surface area (Å²) in [5.74, 6) is 0.780. The highest BCUT2D eigenvalue weighted by Crippen LogP contribution is 2.72. The second-order valence-electron chi connectivity index (χ2n) is 4.83. The average Bonchev–Trinajstić information content (AvgIpc) is 2.73. The van der Waals surface area contributed by atoms with Crippen LogP contribution in [0.3, 0.4) is 0 Å². The number of carbonyl (C=O) groups excluding carboxylic acids is 1. The maximum Gasteiger partial charge on any atom is 0.172 e. The lowest BCUT2D eigenvalue weighted by molar-refractivity contribution is -0.120. The van der Waals surface area contributed by atoms with Crippen LogP contribution in [0.5, 0.6) is 0 Å². The van der Waals surface area contributed by atoms with E-state index in [2.05, 4.69) is 13.8 Å². The van der Waals surface area contributed by atoms with Gasteiger partial charge in [0.2, 0.25) is 0 Å². The van der Waals surface area contributed by atoms with Crippen LogP contribution in [0.4, 0.5) is 0 Å². The number of alkyl halides is 2. The molecular formula is C10H14Cl2O. The fourth-order valence-electron chi connectivity index (χ4n) is 2.87. The Hall–Kier alpha value is 0.250. The standard InChI is InChI=1S/C10H14Cl2O/c1-5(2)10-4-6(10)9(3,12)8(13)7(10)11/h5-7H,4H2,1-3H3/t6-,7+,9-,10+/m1/s1. The molecular weight excluding hydrogens is 207 g/mol. The van der Waals surface area contributed by atoms with Crippen LogP contribution in [-0.2, 0) is 4.79 Å². The second kappa shape index (κ2) is 2.43. The van der Waals surface area contributed by atoms with E-state index < -0.39 is 4.87 Å². The molecule has 0 saturated heterocycles. The zero-order valence-corrected chi connectivity index (χ0v) is 9.62. The van der Waals surface area contributed by atoms with Crippen molar-refractivity contribution >= 4 is 29.0 Å². The largest absolute Gasteiger partial charge is 0.296 e. The van der Waals surface area contributed by atoms with Gasteiger partial charge in [-0.1, -0.05) is 13.8 Å². The van der Waals surface area contributed by atoms with Crippen LogP contribution in [0, 0.1) is 17.3 Å². The van der Waals surface area contributed by atoms with E-state index in [9.17, 15) is 4.79 Å². The van der Waals surface area contributed by atoms with Crippen molar-refractivity contribution in [1.82, 2.24) is 0 Å². The molecule has 74 valence electrons. The zero-order valence-electron chi connectivity index (χ0n) is 8.10. The van der Waals surface area contributed by atoms with Crippen LogP contribution in [0.1, 0.15) is 27.2 Å². The minimum atomic E-state index is -0.698. The first-order valence-corrected chi connectivity index (χ1v) is 5.54. The molecule has 0 aromatic heterocycles. The van der Waals surface area contributed by atoms with E-state index in [-0.39, 0.29) is 16.6 Å². The van der Waals surface area contributed by atoms with Gasteiger partial charge in [0.05, 0.1) is 0 Å². The van der Waals surface area contributed by atoms with E-state index >= 15 is 0 Å². The first-order valence-electron chi connectivity index (χ1n) is 4.72. The third-order valence-electron chi connectivity index (χ3n) is 3.96. The molecule has 3 heteroatoms. The maximum absolute atomic E-state index is 11.7. The Morgan fingerprint density at radius 3 is 2.31 bits per heavy atom. The van der Waals surface area contributed by atoms with Gasteiger partial charge in [0.15, 0.2) is 5.78 Å². The quantitative estimate of drug-likeness (QED) is 0.622. The Kier molecular flexibility index (Phi) is 1.83. The summed E-state index contributed by atoms with van der Waals surface area (Å²) in [6.45, 7) is 6.07. The highest BCUT2D eigenvalue weighted by Gasteiger charge is 2.76. The minimum Gasteiger partial charge on any atom is -0.296 e. The normalized spacial score (nSPS) is 54.2. The number of ketones is 1. The smallest absolute Gasteiger partial charge is 0.172 e. The SMILES string of the molecule is CC(C)[C@@]12C[C@@H]1[C@@](C)(Cl)C(=O)[C@@H]2Cl. The molecule has 13 heavy (non-hydrogen) atoms. The predicted octanol–water partition coefficient (Wildman–Crippen LogP) is 2.84. The molecule has 0 bridgehead atoms. The maximum atomic E-state index is 11.7. The van der Waals surface area contributed by atoms with Crippen molar-refractivity contribution in [3.05, 3.63) is 0 Å². The lowest BCUT2D eigenvalue weighted by atomic mass is 9.89. The van der Waals surface area contributed by atoms with Crippen molar-refractivity contribution in [3.8, 4) is 0 Å². The number of rotatable bonds is 1. The molecule has 1 nitrogen and oxygen atoms in total. The fraction of sp³-hybridized carbons (Fsp3) is 0.900. The van der Waals surface area contributed by atoms with Gasteiger partial charge in [0.25, 0.3) is 0 Å². The zero-order chi connectivity index (χ0) is 10.0. The van der Waals surface area contributed by atoms with Crippen molar-refractivity contribution in [2.24, 2.45) is 17.3 Å². The first kappa shape index (κ1) is 9.79. The Labute approximate surface area is 88.8 Å². The van der Waals surface area contributed by atoms with Gasteiger partial charge in [-0.3, -0.25) is 4.79 Å². The van der Waals surface area contributed by atoms with Crippen LogP contribution in [0.2, 0.25) is 0 Å². The van der Waals surface area contributed by atoms with Gasteiger partial charge in [0.1, 0.15) is 10.3 Å². The third kappa shape index (κ3) is 0.928. The highest BCUT2D eigenvalue weighted by molar-refractivity contribution is 6.45. The summed E-state index contributed by atoms with van der Waals surface area (Å²) in [6.07, 6.45) is 1.02. The van der Waals surface area contributed by atoms with Crippen LogP contribution in [-0.4, -0.2) is 16.0 Å². The molecule has 0 amide bonds. The number of hydrogen-bond acceptors (Lipinski definition) is 1. The molecule has 0 N–H and O–H groups in total. The van der Waals surface area contributed by atoms with E-state index in [1.807, 2.05) is 6.92 Å². The number of halogens is 2. The summed E-state index contributed by atoms with van der Waals surface area (Å²) in [5, 5.41) is -0.361. The van der Waals surface area contributed by atoms with Crippen molar-refractivity contribution in [2.45, 2.75) is 37.4 Å². The van der Waals surface area contributed by atoms with Crippen molar-refractivity contribution < 1.29 is 4.79 Å². The molecule has 0 unspecified atom stereocenters. The van der Waals surface area contributed by atoms with E-state index in [4.69, 9.17) is 23.2 Å². The molecule has 2 rings (SSSR count). The molecule has 0 heterocycles. The van der Waals surface area contributed by atoms with Gasteiger partial charge in [0, 0.05) is 5.41 Å². The molecule has 2 fully saturated rings. The predicted molar refractivity (Wildman–Crippen MR) is 54.3 cm³/mol. The first-order chi connectivity index (χ1) is 5.85. The van der Waals surface area contributed by atoms with Gasteiger partial charge in [-0.25, -0.2) is 0 Å². The van der Waals surface area contributed by atoms with Crippen LogP contribution < -0.4 is 0 Å². The third-order valence-corrected chi connectivity index (χ3v) is 5.01. The summed E-state index contributed by atoms with van der Waals surface area (Å²) < 4.78 is 0.